The highest BCUT2D eigenvalue weighted by Crippen LogP contribution is 2.22. The highest BCUT2D eigenvalue weighted by molar-refractivity contribution is 5.94. The van der Waals surface area contributed by atoms with E-state index in [0.29, 0.717) is 32.2 Å². The second-order valence-electron chi connectivity index (χ2n) is 8.06. The maximum Gasteiger partial charge on any atom is 0.326 e. The van der Waals surface area contributed by atoms with Crippen LogP contribution in [0.2, 0.25) is 0 Å². The second-order valence-corrected chi connectivity index (χ2v) is 8.06. The summed E-state index contributed by atoms with van der Waals surface area (Å²) in [6.45, 7) is 9.33. The van der Waals surface area contributed by atoms with E-state index in [0.717, 1.165) is 0 Å². The third-order valence-electron chi connectivity index (χ3n) is 5.81. The van der Waals surface area contributed by atoms with Gasteiger partial charge in [-0.1, -0.05) is 40.5 Å². The van der Waals surface area contributed by atoms with E-state index in [4.69, 9.17) is 5.73 Å². The summed E-state index contributed by atoms with van der Waals surface area (Å²) in [5.41, 5.74) is 5.62. The van der Waals surface area contributed by atoms with Gasteiger partial charge in [-0.2, -0.15) is 0 Å². The van der Waals surface area contributed by atoms with Crippen LogP contribution in [-0.4, -0.2) is 64.4 Å². The van der Waals surface area contributed by atoms with Crippen LogP contribution in [0.3, 0.4) is 0 Å². The molecular weight excluding hydrogens is 376 g/mol. The van der Waals surface area contributed by atoms with Gasteiger partial charge in [0.15, 0.2) is 0 Å². The summed E-state index contributed by atoms with van der Waals surface area (Å²) in [6, 6.07) is -3.28. The van der Waals surface area contributed by atoms with Crippen molar-refractivity contribution < 1.29 is 24.3 Å². The van der Waals surface area contributed by atoms with Crippen LogP contribution in [0.4, 0.5) is 0 Å². The van der Waals surface area contributed by atoms with E-state index >= 15 is 0 Å². The van der Waals surface area contributed by atoms with E-state index in [1.54, 1.807) is 13.8 Å². The quantitative estimate of drug-likeness (QED) is 0.411. The van der Waals surface area contributed by atoms with Crippen molar-refractivity contribution in [2.24, 2.45) is 17.6 Å². The Morgan fingerprint density at radius 1 is 1.03 bits per heavy atom. The molecule has 1 saturated heterocycles. The molecule has 0 bridgehead atoms. The van der Waals surface area contributed by atoms with Crippen LogP contribution in [0.1, 0.15) is 60.3 Å². The Balaban J connectivity index is 2.99. The van der Waals surface area contributed by atoms with Gasteiger partial charge >= 0.3 is 5.97 Å². The van der Waals surface area contributed by atoms with Gasteiger partial charge in [0, 0.05) is 6.54 Å². The maximum absolute atomic E-state index is 13.2. The summed E-state index contributed by atoms with van der Waals surface area (Å²) in [4.78, 5) is 51.1. The highest BCUT2D eigenvalue weighted by atomic mass is 16.4. The molecule has 0 aromatic heterocycles. The minimum absolute atomic E-state index is 0.138. The van der Waals surface area contributed by atoms with E-state index < -0.39 is 42.0 Å². The van der Waals surface area contributed by atoms with E-state index in [2.05, 4.69) is 10.6 Å². The van der Waals surface area contributed by atoms with Gasteiger partial charge in [0.25, 0.3) is 0 Å². The fraction of sp³-hybridized carbons (Fsp3) is 0.800. The van der Waals surface area contributed by atoms with Gasteiger partial charge in [0.2, 0.25) is 17.7 Å². The molecule has 6 atom stereocenters. The standard InChI is InChI=1S/C20H36N4O5/c1-6-11(3)15(22-17(25)13(5)21)19(27)24-10-8-9-14(24)18(26)23-16(20(28)29)12(4)7-2/h11-16H,6-10,21H2,1-5H3,(H,22,25)(H,23,26)(H,28,29). The molecule has 29 heavy (non-hydrogen) atoms. The number of rotatable bonds is 10. The third kappa shape index (κ3) is 6.42. The Morgan fingerprint density at radius 3 is 2.07 bits per heavy atom. The van der Waals surface area contributed by atoms with Crippen LogP contribution in [0, 0.1) is 11.8 Å². The van der Waals surface area contributed by atoms with Crippen molar-refractivity contribution in [3.8, 4) is 0 Å². The lowest BCUT2D eigenvalue weighted by molar-refractivity contribution is -0.146. The average molecular weight is 413 g/mol. The number of aliphatic carboxylic acids is 1. The first-order valence-corrected chi connectivity index (χ1v) is 10.4. The van der Waals surface area contributed by atoms with Crippen LogP contribution >= 0.6 is 0 Å². The van der Waals surface area contributed by atoms with Crippen LogP contribution in [0.15, 0.2) is 0 Å². The summed E-state index contributed by atoms with van der Waals surface area (Å²) < 4.78 is 0. The Hall–Kier alpha value is -2.16. The monoisotopic (exact) mass is 412 g/mol. The number of carboxylic acids is 1. The molecular formula is C20H36N4O5. The highest BCUT2D eigenvalue weighted by Gasteiger charge is 2.40. The van der Waals surface area contributed by atoms with E-state index in [-0.39, 0.29) is 17.7 Å². The van der Waals surface area contributed by atoms with Crippen molar-refractivity contribution in [3.63, 3.8) is 0 Å². The number of hydrogen-bond acceptors (Lipinski definition) is 5. The van der Waals surface area contributed by atoms with Crippen molar-refractivity contribution in [1.82, 2.24) is 15.5 Å². The molecule has 0 spiro atoms. The van der Waals surface area contributed by atoms with Gasteiger partial charge < -0.3 is 26.4 Å². The molecule has 1 rings (SSSR count). The van der Waals surface area contributed by atoms with E-state index in [9.17, 15) is 24.3 Å². The molecule has 0 aromatic rings. The van der Waals surface area contributed by atoms with Crippen molar-refractivity contribution in [1.29, 1.82) is 0 Å². The van der Waals surface area contributed by atoms with E-state index in [1.807, 2.05) is 20.8 Å². The van der Waals surface area contributed by atoms with Crippen molar-refractivity contribution in [3.05, 3.63) is 0 Å². The molecule has 166 valence electrons. The van der Waals surface area contributed by atoms with Crippen LogP contribution in [-0.2, 0) is 19.2 Å². The minimum Gasteiger partial charge on any atom is -0.480 e. The van der Waals surface area contributed by atoms with Gasteiger partial charge in [0.05, 0.1) is 6.04 Å². The second kappa shape index (κ2) is 11.1. The predicted octanol–water partition coefficient (Wildman–Crippen LogP) is 0.471. The number of likely N-dealkylation sites (tertiary alicyclic amines) is 1. The lowest BCUT2D eigenvalue weighted by Crippen LogP contribution is -2.58. The molecule has 9 heteroatoms. The van der Waals surface area contributed by atoms with Crippen LogP contribution in [0.25, 0.3) is 0 Å². The molecule has 0 radical (unpaired) electrons. The van der Waals surface area contributed by atoms with Gasteiger partial charge in [-0.3, -0.25) is 14.4 Å². The first-order valence-electron chi connectivity index (χ1n) is 10.4. The molecule has 6 unspecified atom stereocenters. The number of carboxylic acid groups (broad SMARTS) is 1. The van der Waals surface area contributed by atoms with Crippen molar-refractivity contribution >= 4 is 23.7 Å². The Morgan fingerprint density at radius 2 is 1.59 bits per heavy atom. The zero-order valence-corrected chi connectivity index (χ0v) is 18.1. The Bertz CT molecular complexity index is 610. The van der Waals surface area contributed by atoms with Crippen LogP contribution < -0.4 is 16.4 Å². The molecule has 0 aromatic carbocycles. The maximum atomic E-state index is 13.2. The van der Waals surface area contributed by atoms with Gasteiger partial charge in [-0.05, 0) is 31.6 Å². The largest absolute Gasteiger partial charge is 0.480 e. The topological polar surface area (TPSA) is 142 Å². The number of amides is 3. The zero-order valence-electron chi connectivity index (χ0n) is 18.1. The molecule has 1 aliphatic heterocycles. The van der Waals surface area contributed by atoms with Crippen molar-refractivity contribution in [2.75, 3.05) is 6.54 Å². The smallest absolute Gasteiger partial charge is 0.326 e. The molecule has 0 saturated carbocycles. The predicted molar refractivity (Wildman–Crippen MR) is 109 cm³/mol. The number of carbonyl (C=O) groups excluding carboxylic acids is 3. The lowest BCUT2D eigenvalue weighted by Gasteiger charge is -2.32. The van der Waals surface area contributed by atoms with E-state index in [1.165, 1.54) is 4.90 Å². The fourth-order valence-corrected chi connectivity index (χ4v) is 3.38. The first-order chi connectivity index (χ1) is 13.5. The number of nitrogens with two attached hydrogens (primary N) is 1. The Kier molecular flexibility index (Phi) is 9.55. The number of hydrogen-bond donors (Lipinski definition) is 4. The van der Waals surface area contributed by atoms with Gasteiger partial charge in [-0.15, -0.1) is 0 Å². The number of nitrogens with one attached hydrogen (secondary N) is 2. The first kappa shape index (κ1) is 24.9. The van der Waals surface area contributed by atoms with Crippen LogP contribution in [0.5, 0.6) is 0 Å². The molecule has 0 aliphatic carbocycles. The summed E-state index contributed by atoms with van der Waals surface area (Å²) in [5.74, 6) is -2.69. The normalized spacial score (nSPS) is 21.6. The summed E-state index contributed by atoms with van der Waals surface area (Å²) in [7, 11) is 0. The number of carbonyl (C=O) groups is 4. The molecule has 5 N–H and O–H groups in total. The van der Waals surface area contributed by atoms with Gasteiger partial charge in [-0.25, -0.2) is 4.79 Å². The lowest BCUT2D eigenvalue weighted by atomic mass is 9.96. The third-order valence-corrected chi connectivity index (χ3v) is 5.81. The molecule has 3 amide bonds. The fourth-order valence-electron chi connectivity index (χ4n) is 3.38. The summed E-state index contributed by atoms with van der Waals surface area (Å²) in [6.07, 6.45) is 2.36. The van der Waals surface area contributed by atoms with Gasteiger partial charge in [0.1, 0.15) is 18.1 Å². The molecule has 1 heterocycles. The van der Waals surface area contributed by atoms with Crippen molar-refractivity contribution in [2.45, 2.75) is 84.5 Å². The average Bonchev–Trinajstić information content (AvgIpc) is 3.17. The zero-order chi connectivity index (χ0) is 22.3. The molecule has 1 fully saturated rings. The Labute approximate surface area is 172 Å². The minimum atomic E-state index is -1.09. The molecule has 1 aliphatic rings. The summed E-state index contributed by atoms with van der Waals surface area (Å²) in [5, 5.41) is 14.7. The SMILES string of the molecule is CCC(C)C(NC(=O)C1CCCN1C(=O)C(NC(=O)C(C)N)C(C)CC)C(=O)O. The summed E-state index contributed by atoms with van der Waals surface area (Å²) >= 11 is 0. The molecule has 9 nitrogen and oxygen atoms in total. The number of nitrogens with zero attached hydrogens (tertiary/aromatic N) is 1.